The third-order valence-electron chi connectivity index (χ3n) is 7.42. The molecule has 5 rings (SSSR count). The van der Waals surface area contributed by atoms with Gasteiger partial charge in [0, 0.05) is 36.3 Å². The first kappa shape index (κ1) is 25.0. The molecule has 0 radical (unpaired) electrons. The zero-order chi connectivity index (χ0) is 25.1. The predicted octanol–water partition coefficient (Wildman–Crippen LogP) is 5.36. The normalized spacial score (nSPS) is 20.4. The van der Waals surface area contributed by atoms with Crippen molar-refractivity contribution in [2.24, 2.45) is 5.92 Å². The van der Waals surface area contributed by atoms with E-state index in [9.17, 15) is 4.39 Å². The van der Waals surface area contributed by atoms with Crippen LogP contribution in [0.15, 0.2) is 36.7 Å². The van der Waals surface area contributed by atoms with Gasteiger partial charge in [-0.2, -0.15) is 0 Å². The van der Waals surface area contributed by atoms with Crippen molar-refractivity contribution >= 4 is 34.0 Å². The van der Waals surface area contributed by atoms with Crippen LogP contribution in [0, 0.1) is 11.7 Å². The molecule has 0 amide bonds. The smallest absolute Gasteiger partial charge is 0.162 e. The zero-order valence-electron chi connectivity index (χ0n) is 20.8. The van der Waals surface area contributed by atoms with Gasteiger partial charge in [-0.25, -0.2) is 14.4 Å². The van der Waals surface area contributed by atoms with Gasteiger partial charge in [0.2, 0.25) is 0 Å². The summed E-state index contributed by atoms with van der Waals surface area (Å²) in [6, 6.07) is 8.98. The quantitative estimate of drug-likeness (QED) is 0.386. The monoisotopic (exact) mass is 513 g/mol. The minimum Gasteiger partial charge on any atom is -0.493 e. The van der Waals surface area contributed by atoms with Crippen molar-refractivity contribution in [3.8, 4) is 11.5 Å². The van der Waals surface area contributed by atoms with Crippen LogP contribution in [0.3, 0.4) is 0 Å². The molecule has 0 saturated carbocycles. The molecule has 7 nitrogen and oxygen atoms in total. The van der Waals surface area contributed by atoms with E-state index in [0.717, 1.165) is 36.9 Å². The number of methoxy groups -OCH3 is 1. The molecule has 1 N–H and O–H groups in total. The lowest BCUT2D eigenvalue weighted by Crippen LogP contribution is -2.46. The number of nitrogens with one attached hydrogen (secondary N) is 1. The number of fused-ring (bicyclic) bond motifs is 2. The molecule has 0 aliphatic carbocycles. The van der Waals surface area contributed by atoms with Gasteiger partial charge in [-0.3, -0.25) is 0 Å². The number of ether oxygens (including phenoxy) is 2. The zero-order valence-corrected chi connectivity index (χ0v) is 21.6. The number of hydrogen-bond donors (Lipinski definition) is 1. The van der Waals surface area contributed by atoms with Gasteiger partial charge >= 0.3 is 0 Å². The highest BCUT2D eigenvalue weighted by atomic mass is 35.5. The van der Waals surface area contributed by atoms with Gasteiger partial charge in [-0.15, -0.1) is 0 Å². The summed E-state index contributed by atoms with van der Waals surface area (Å²) in [7, 11) is 1.63. The number of benzene rings is 2. The molecule has 192 valence electrons. The third kappa shape index (κ3) is 5.36. The van der Waals surface area contributed by atoms with Gasteiger partial charge in [-0.1, -0.05) is 18.5 Å². The summed E-state index contributed by atoms with van der Waals surface area (Å²) in [5.74, 6) is 2.19. The molecule has 1 aromatic heterocycles. The van der Waals surface area contributed by atoms with Crippen LogP contribution in [0.5, 0.6) is 11.5 Å². The van der Waals surface area contributed by atoms with Gasteiger partial charge in [-0.05, 0) is 69.1 Å². The van der Waals surface area contributed by atoms with E-state index in [-0.39, 0.29) is 5.02 Å². The second-order valence-corrected chi connectivity index (χ2v) is 9.94. The van der Waals surface area contributed by atoms with Crippen LogP contribution in [-0.4, -0.2) is 72.3 Å². The van der Waals surface area contributed by atoms with E-state index in [0.29, 0.717) is 35.1 Å². The summed E-state index contributed by atoms with van der Waals surface area (Å²) in [6.45, 7) is 8.68. The summed E-state index contributed by atoms with van der Waals surface area (Å²) in [4.78, 5) is 14.0. The molecule has 2 fully saturated rings. The van der Waals surface area contributed by atoms with E-state index in [1.54, 1.807) is 13.2 Å². The Morgan fingerprint density at radius 3 is 2.83 bits per heavy atom. The van der Waals surface area contributed by atoms with Crippen LogP contribution in [0.4, 0.5) is 15.9 Å². The molecule has 2 aromatic carbocycles. The lowest BCUT2D eigenvalue weighted by molar-refractivity contribution is 0.109. The second-order valence-electron chi connectivity index (χ2n) is 9.53. The number of piperidine rings is 1. The summed E-state index contributed by atoms with van der Waals surface area (Å²) < 4.78 is 25.3. The highest BCUT2D eigenvalue weighted by Gasteiger charge is 2.37. The summed E-state index contributed by atoms with van der Waals surface area (Å²) in [6.07, 6.45) is 5.01. The summed E-state index contributed by atoms with van der Waals surface area (Å²) in [5.41, 5.74) is 1.35. The lowest BCUT2D eigenvalue weighted by Gasteiger charge is -2.37. The highest BCUT2D eigenvalue weighted by molar-refractivity contribution is 6.31. The molecule has 2 aliphatic heterocycles. The van der Waals surface area contributed by atoms with Crippen molar-refractivity contribution in [2.75, 3.05) is 51.8 Å². The summed E-state index contributed by atoms with van der Waals surface area (Å²) in [5, 5.41) is 4.03. The number of halogens is 2. The lowest BCUT2D eigenvalue weighted by atomic mass is 9.93. The predicted molar refractivity (Wildman–Crippen MR) is 141 cm³/mol. The minimum absolute atomic E-state index is 0.0453. The Labute approximate surface area is 216 Å². The van der Waals surface area contributed by atoms with Crippen molar-refractivity contribution in [3.05, 3.63) is 47.5 Å². The van der Waals surface area contributed by atoms with Crippen molar-refractivity contribution in [3.63, 3.8) is 0 Å². The Balaban J connectivity index is 1.23. The van der Waals surface area contributed by atoms with Crippen LogP contribution < -0.4 is 14.8 Å². The fraction of sp³-hybridized carbons (Fsp3) is 0.481. The number of hydrogen-bond acceptors (Lipinski definition) is 7. The Morgan fingerprint density at radius 2 is 2.03 bits per heavy atom. The topological polar surface area (TPSA) is 62.8 Å². The third-order valence-corrected chi connectivity index (χ3v) is 7.71. The van der Waals surface area contributed by atoms with Crippen LogP contribution in [0.25, 0.3) is 10.9 Å². The largest absolute Gasteiger partial charge is 0.493 e. The number of likely N-dealkylation sites (tertiary alicyclic amines) is 2. The minimum atomic E-state index is -0.467. The van der Waals surface area contributed by atoms with Gasteiger partial charge < -0.3 is 24.6 Å². The van der Waals surface area contributed by atoms with E-state index in [4.69, 9.17) is 21.1 Å². The molecule has 3 aromatic rings. The average molecular weight is 514 g/mol. The number of anilines is 2. The molecule has 2 unspecified atom stereocenters. The van der Waals surface area contributed by atoms with Crippen molar-refractivity contribution < 1.29 is 13.9 Å². The Bertz CT molecular complexity index is 1210. The first-order chi connectivity index (χ1) is 17.6. The van der Waals surface area contributed by atoms with E-state index < -0.39 is 5.82 Å². The molecular formula is C27H33ClFN5O2. The maximum atomic E-state index is 13.6. The Hall–Kier alpha value is -2.68. The maximum Gasteiger partial charge on any atom is 0.162 e. The van der Waals surface area contributed by atoms with Crippen LogP contribution in [-0.2, 0) is 0 Å². The molecule has 2 aliphatic rings. The molecule has 0 spiro atoms. The molecule has 2 saturated heterocycles. The molecule has 36 heavy (non-hydrogen) atoms. The van der Waals surface area contributed by atoms with E-state index in [1.807, 2.05) is 12.1 Å². The molecular weight excluding hydrogens is 481 g/mol. The second kappa shape index (κ2) is 11.2. The van der Waals surface area contributed by atoms with Crippen molar-refractivity contribution in [1.29, 1.82) is 0 Å². The number of aromatic nitrogens is 2. The van der Waals surface area contributed by atoms with Gasteiger partial charge in [0.15, 0.2) is 11.5 Å². The van der Waals surface area contributed by atoms with E-state index in [2.05, 4.69) is 32.0 Å². The first-order valence-corrected chi connectivity index (χ1v) is 13.1. The van der Waals surface area contributed by atoms with E-state index in [1.165, 1.54) is 50.9 Å². The van der Waals surface area contributed by atoms with Crippen LogP contribution >= 0.6 is 11.6 Å². The van der Waals surface area contributed by atoms with Crippen LogP contribution in [0.2, 0.25) is 5.02 Å². The van der Waals surface area contributed by atoms with Crippen molar-refractivity contribution in [1.82, 2.24) is 19.8 Å². The van der Waals surface area contributed by atoms with E-state index >= 15 is 0 Å². The number of rotatable bonds is 9. The number of nitrogens with zero attached hydrogens (tertiary/aromatic N) is 4. The fourth-order valence-corrected chi connectivity index (χ4v) is 5.75. The van der Waals surface area contributed by atoms with Gasteiger partial charge in [0.25, 0.3) is 0 Å². The first-order valence-electron chi connectivity index (χ1n) is 12.7. The van der Waals surface area contributed by atoms with Gasteiger partial charge in [0.05, 0.1) is 24.3 Å². The highest BCUT2D eigenvalue weighted by Crippen LogP contribution is 2.35. The molecule has 3 heterocycles. The fourth-order valence-electron chi connectivity index (χ4n) is 5.57. The molecule has 9 heteroatoms. The maximum absolute atomic E-state index is 13.6. The summed E-state index contributed by atoms with van der Waals surface area (Å²) >= 11 is 5.94. The SMILES string of the molecule is CCN1CCC2CN(CCCOc3cc4c(Nc5ccc(F)c(Cl)c5)ncnc4cc3OC)CCC21. The average Bonchev–Trinajstić information content (AvgIpc) is 3.31. The van der Waals surface area contributed by atoms with Crippen LogP contribution in [0.1, 0.15) is 26.2 Å². The Kier molecular flexibility index (Phi) is 7.74. The van der Waals surface area contributed by atoms with Crippen molar-refractivity contribution in [2.45, 2.75) is 32.2 Å². The molecule has 0 bridgehead atoms. The standard InChI is InChI=1S/C27H33ClFN5O2/c1-3-34-11-7-18-16-33(10-8-24(18)34)9-4-12-36-26-14-20-23(15-25(26)35-2)30-17-31-27(20)32-19-5-6-22(29)21(28)13-19/h5-6,13-15,17-18,24H,3-4,7-12,16H2,1-2H3,(H,30,31,32). The Morgan fingerprint density at radius 1 is 1.14 bits per heavy atom. The molecule has 2 atom stereocenters. The van der Waals surface area contributed by atoms with Gasteiger partial charge in [0.1, 0.15) is 18.0 Å².